The van der Waals surface area contributed by atoms with E-state index >= 15 is 0 Å². The molecule has 0 aliphatic heterocycles. The lowest BCUT2D eigenvalue weighted by Crippen LogP contribution is -2.23. The second-order valence-corrected chi connectivity index (χ2v) is 6.83. The topological polar surface area (TPSA) is 55.4 Å². The van der Waals surface area contributed by atoms with Crippen LogP contribution in [-0.4, -0.2) is 19.0 Å². The van der Waals surface area contributed by atoms with Gasteiger partial charge in [0.15, 0.2) is 0 Å². The monoisotopic (exact) mass is 359 g/mol. The number of carbonyl (C=O) groups excluding carboxylic acids is 2. The van der Waals surface area contributed by atoms with Gasteiger partial charge in [-0.2, -0.15) is 0 Å². The Morgan fingerprint density at radius 3 is 2.52 bits per heavy atom. The molecule has 0 fully saturated rings. The number of carbonyl (C=O) groups is 2. The average Bonchev–Trinajstić information content (AvgIpc) is 3.06. The van der Waals surface area contributed by atoms with E-state index in [1.54, 1.807) is 0 Å². The third-order valence-corrected chi connectivity index (χ3v) is 5.17. The first-order valence-corrected chi connectivity index (χ1v) is 9.56. The predicted molar refractivity (Wildman–Crippen MR) is 103 cm³/mol. The Morgan fingerprint density at radius 1 is 1.20 bits per heavy atom. The molecule has 134 valence electrons. The molecule has 1 atom stereocenters. The van der Waals surface area contributed by atoms with Gasteiger partial charge in [-0.3, -0.25) is 4.79 Å². The van der Waals surface area contributed by atoms with E-state index in [1.165, 1.54) is 18.4 Å². The molecule has 0 aliphatic carbocycles. The van der Waals surface area contributed by atoms with Crippen molar-refractivity contribution >= 4 is 28.2 Å². The van der Waals surface area contributed by atoms with E-state index in [2.05, 4.69) is 12.2 Å². The maximum absolute atomic E-state index is 12.6. The van der Waals surface area contributed by atoms with Crippen LogP contribution in [-0.2, 0) is 9.53 Å². The van der Waals surface area contributed by atoms with Crippen molar-refractivity contribution in [1.29, 1.82) is 0 Å². The van der Waals surface area contributed by atoms with E-state index in [4.69, 9.17) is 4.74 Å². The highest BCUT2D eigenvalue weighted by Crippen LogP contribution is 2.36. The Kier molecular flexibility index (Phi) is 7.19. The molecule has 0 spiro atoms. The van der Waals surface area contributed by atoms with Gasteiger partial charge in [-0.1, -0.05) is 57.0 Å². The molecule has 5 heteroatoms. The zero-order valence-corrected chi connectivity index (χ0v) is 15.8. The van der Waals surface area contributed by atoms with Crippen LogP contribution in [0.2, 0.25) is 0 Å². The quantitative estimate of drug-likeness (QED) is 0.646. The van der Waals surface area contributed by atoms with Gasteiger partial charge < -0.3 is 10.1 Å². The summed E-state index contributed by atoms with van der Waals surface area (Å²) in [6.45, 7) is 4.14. The lowest BCUT2D eigenvalue weighted by atomic mass is 9.98. The van der Waals surface area contributed by atoms with E-state index in [9.17, 15) is 9.59 Å². The number of hydrogen-bond donors (Lipinski definition) is 1. The predicted octanol–water partition coefficient (Wildman–Crippen LogP) is 5.36. The standard InChI is InChI=1S/C20H25NO3S/c1-4-6-10-14(5-2)18(22)21-19-17(20(23)24-3)16(13-25-19)15-11-8-7-9-12-15/h7-9,11-14H,4-6,10H2,1-3H3,(H,21,22). The molecule has 1 unspecified atom stereocenters. The van der Waals surface area contributed by atoms with Crippen LogP contribution in [0, 0.1) is 5.92 Å². The summed E-state index contributed by atoms with van der Waals surface area (Å²) < 4.78 is 4.95. The van der Waals surface area contributed by atoms with Crippen molar-refractivity contribution in [2.75, 3.05) is 12.4 Å². The van der Waals surface area contributed by atoms with Gasteiger partial charge in [-0.15, -0.1) is 11.3 Å². The molecule has 1 heterocycles. The van der Waals surface area contributed by atoms with Crippen LogP contribution in [0.3, 0.4) is 0 Å². The van der Waals surface area contributed by atoms with E-state index in [-0.39, 0.29) is 11.8 Å². The number of hydrogen-bond acceptors (Lipinski definition) is 4. The minimum absolute atomic E-state index is 0.0254. The summed E-state index contributed by atoms with van der Waals surface area (Å²) in [6, 6.07) is 9.65. The average molecular weight is 359 g/mol. The van der Waals surface area contributed by atoms with Crippen molar-refractivity contribution < 1.29 is 14.3 Å². The zero-order valence-electron chi connectivity index (χ0n) is 15.0. The van der Waals surface area contributed by atoms with Crippen molar-refractivity contribution in [1.82, 2.24) is 0 Å². The van der Waals surface area contributed by atoms with Gasteiger partial charge in [-0.25, -0.2) is 4.79 Å². The number of ether oxygens (including phenoxy) is 1. The highest BCUT2D eigenvalue weighted by Gasteiger charge is 2.24. The molecule has 1 N–H and O–H groups in total. The van der Waals surface area contributed by atoms with Crippen LogP contribution in [0.25, 0.3) is 11.1 Å². The third kappa shape index (κ3) is 4.69. The lowest BCUT2D eigenvalue weighted by molar-refractivity contribution is -0.120. The van der Waals surface area contributed by atoms with Crippen molar-refractivity contribution in [2.24, 2.45) is 5.92 Å². The summed E-state index contributed by atoms with van der Waals surface area (Å²) in [7, 11) is 1.36. The first-order chi connectivity index (χ1) is 12.1. The Labute approximate surface area is 153 Å². The highest BCUT2D eigenvalue weighted by molar-refractivity contribution is 7.15. The normalized spacial score (nSPS) is 11.8. The molecule has 2 aromatic rings. The Bertz CT molecular complexity index is 709. The third-order valence-electron chi connectivity index (χ3n) is 4.27. The minimum atomic E-state index is -0.433. The molecule has 0 radical (unpaired) electrons. The van der Waals surface area contributed by atoms with E-state index in [0.29, 0.717) is 10.6 Å². The molecule has 0 bridgehead atoms. The van der Waals surface area contributed by atoms with Crippen molar-refractivity contribution in [3.8, 4) is 11.1 Å². The first kappa shape index (κ1) is 19.2. The summed E-state index contributed by atoms with van der Waals surface area (Å²) in [5.41, 5.74) is 2.14. The van der Waals surface area contributed by atoms with Crippen LogP contribution in [0.1, 0.15) is 49.9 Å². The molecule has 1 amide bonds. The van der Waals surface area contributed by atoms with Gasteiger partial charge in [0.05, 0.1) is 7.11 Å². The Balaban J connectivity index is 2.30. The molecule has 0 saturated carbocycles. The van der Waals surface area contributed by atoms with Crippen molar-refractivity contribution in [3.05, 3.63) is 41.3 Å². The van der Waals surface area contributed by atoms with Crippen molar-refractivity contribution in [3.63, 3.8) is 0 Å². The minimum Gasteiger partial charge on any atom is -0.465 e. The largest absolute Gasteiger partial charge is 0.465 e. The first-order valence-electron chi connectivity index (χ1n) is 8.68. The second kappa shape index (κ2) is 9.37. The number of unbranched alkanes of at least 4 members (excludes halogenated alkanes) is 1. The van der Waals surface area contributed by atoms with E-state index in [0.717, 1.165) is 36.8 Å². The van der Waals surface area contributed by atoms with Crippen LogP contribution < -0.4 is 5.32 Å². The molecule has 1 aromatic heterocycles. The summed E-state index contributed by atoms with van der Waals surface area (Å²) in [6.07, 6.45) is 3.74. The van der Waals surface area contributed by atoms with Crippen LogP contribution >= 0.6 is 11.3 Å². The highest BCUT2D eigenvalue weighted by atomic mass is 32.1. The SMILES string of the molecule is CCCCC(CC)C(=O)Nc1scc(-c2ccccc2)c1C(=O)OC. The van der Waals surface area contributed by atoms with Gasteiger partial charge in [0.1, 0.15) is 10.6 Å². The molecular formula is C20H25NO3S. The number of benzene rings is 1. The number of thiophene rings is 1. The fourth-order valence-corrected chi connectivity index (χ4v) is 3.73. The van der Waals surface area contributed by atoms with Crippen LogP contribution in [0.15, 0.2) is 35.7 Å². The molecule has 0 aliphatic rings. The number of anilines is 1. The number of esters is 1. The van der Waals surface area contributed by atoms with Crippen molar-refractivity contribution in [2.45, 2.75) is 39.5 Å². The molecule has 2 rings (SSSR count). The number of rotatable bonds is 8. The van der Waals surface area contributed by atoms with Gasteiger partial charge in [0, 0.05) is 16.9 Å². The van der Waals surface area contributed by atoms with Crippen LogP contribution in [0.4, 0.5) is 5.00 Å². The number of methoxy groups -OCH3 is 1. The lowest BCUT2D eigenvalue weighted by Gasteiger charge is -2.14. The number of nitrogens with one attached hydrogen (secondary N) is 1. The maximum Gasteiger partial charge on any atom is 0.341 e. The van der Waals surface area contributed by atoms with E-state index < -0.39 is 5.97 Å². The van der Waals surface area contributed by atoms with Gasteiger partial charge in [-0.05, 0) is 18.4 Å². The molecule has 1 aromatic carbocycles. The van der Waals surface area contributed by atoms with Gasteiger partial charge in [0.2, 0.25) is 5.91 Å². The Morgan fingerprint density at radius 2 is 1.92 bits per heavy atom. The maximum atomic E-state index is 12.6. The Hall–Kier alpha value is -2.14. The number of amides is 1. The zero-order chi connectivity index (χ0) is 18.2. The van der Waals surface area contributed by atoms with Crippen LogP contribution in [0.5, 0.6) is 0 Å². The van der Waals surface area contributed by atoms with E-state index in [1.807, 2.05) is 42.6 Å². The molecule has 25 heavy (non-hydrogen) atoms. The molecular weight excluding hydrogens is 334 g/mol. The summed E-state index contributed by atoms with van der Waals surface area (Å²) in [5, 5.41) is 5.41. The second-order valence-electron chi connectivity index (χ2n) is 5.95. The molecule has 0 saturated heterocycles. The molecule has 4 nitrogen and oxygen atoms in total. The fraction of sp³-hybridized carbons (Fsp3) is 0.400. The fourth-order valence-electron chi connectivity index (χ4n) is 2.77. The summed E-state index contributed by atoms with van der Waals surface area (Å²) >= 11 is 1.36. The van der Waals surface area contributed by atoms with Gasteiger partial charge in [0.25, 0.3) is 0 Å². The summed E-state index contributed by atoms with van der Waals surface area (Å²) in [5.74, 6) is -0.493. The smallest absolute Gasteiger partial charge is 0.341 e. The van der Waals surface area contributed by atoms with Gasteiger partial charge >= 0.3 is 5.97 Å². The summed E-state index contributed by atoms with van der Waals surface area (Å²) in [4.78, 5) is 24.9.